The molecule has 0 spiro atoms. The van der Waals surface area contributed by atoms with Crippen LogP contribution in [0.2, 0.25) is 0 Å². The Kier molecular flexibility index (Phi) is 2.32. The molecule has 2 aromatic heterocycles. The van der Waals surface area contributed by atoms with Gasteiger partial charge in [-0.1, -0.05) is 24.3 Å². The zero-order valence-corrected chi connectivity index (χ0v) is 12.1. The molecule has 4 heteroatoms. The predicted octanol–water partition coefficient (Wildman–Crippen LogP) is 3.68. The van der Waals surface area contributed by atoms with Crippen molar-refractivity contribution in [1.82, 2.24) is 4.98 Å². The molecule has 2 aliphatic rings. The first-order valence-corrected chi connectivity index (χ1v) is 7.54. The van der Waals surface area contributed by atoms with Crippen molar-refractivity contribution in [2.45, 2.75) is 12.8 Å². The van der Waals surface area contributed by atoms with Crippen molar-refractivity contribution >= 4 is 11.6 Å². The molecular formula is C19H11NO3. The first-order valence-electron chi connectivity index (χ1n) is 7.54. The number of fused-ring (bicyclic) bond motifs is 4. The van der Waals surface area contributed by atoms with Crippen molar-refractivity contribution in [3.05, 3.63) is 65.0 Å². The van der Waals surface area contributed by atoms with E-state index >= 15 is 0 Å². The van der Waals surface area contributed by atoms with Crippen molar-refractivity contribution < 1.29 is 14.0 Å². The minimum atomic E-state index is -0.0861. The molecule has 0 unspecified atom stereocenters. The number of rotatable bonds is 1. The molecule has 3 aromatic rings. The molecule has 0 N–H and O–H groups in total. The Morgan fingerprint density at radius 1 is 0.870 bits per heavy atom. The summed E-state index contributed by atoms with van der Waals surface area (Å²) in [5.74, 6) is 0.499. The number of ketones is 2. The van der Waals surface area contributed by atoms with Crippen molar-refractivity contribution in [1.29, 1.82) is 0 Å². The molecule has 2 heterocycles. The lowest BCUT2D eigenvalue weighted by Crippen LogP contribution is -2.06. The SMILES string of the molecule is O=C1CCc2nc3c(c(-c4ccco4)c21)C(=O)c1ccccc1-3. The maximum atomic E-state index is 12.9. The van der Waals surface area contributed by atoms with Gasteiger partial charge in [0.25, 0.3) is 0 Å². The quantitative estimate of drug-likeness (QED) is 0.538. The van der Waals surface area contributed by atoms with Crippen molar-refractivity contribution in [2.75, 3.05) is 0 Å². The highest BCUT2D eigenvalue weighted by Gasteiger charge is 2.37. The van der Waals surface area contributed by atoms with E-state index < -0.39 is 0 Å². The van der Waals surface area contributed by atoms with Gasteiger partial charge in [-0.3, -0.25) is 14.6 Å². The Hall–Kier alpha value is -3.01. The smallest absolute Gasteiger partial charge is 0.196 e. The number of benzene rings is 1. The van der Waals surface area contributed by atoms with Gasteiger partial charge in [0, 0.05) is 23.1 Å². The number of aryl methyl sites for hydroxylation is 1. The van der Waals surface area contributed by atoms with Crippen LogP contribution in [0, 0.1) is 0 Å². The molecule has 0 fully saturated rings. The average molecular weight is 301 g/mol. The Bertz CT molecular complexity index is 1000. The summed E-state index contributed by atoms with van der Waals surface area (Å²) in [5.41, 5.74) is 4.57. The molecule has 1 aromatic carbocycles. The number of hydrogen-bond acceptors (Lipinski definition) is 4. The lowest BCUT2D eigenvalue weighted by Gasteiger charge is -2.10. The molecule has 0 amide bonds. The average Bonchev–Trinajstić information content (AvgIpc) is 3.28. The van der Waals surface area contributed by atoms with E-state index in [2.05, 4.69) is 4.98 Å². The molecule has 0 saturated heterocycles. The second kappa shape index (κ2) is 4.26. The van der Waals surface area contributed by atoms with Gasteiger partial charge in [0.2, 0.25) is 0 Å². The normalized spacial score (nSPS) is 14.8. The lowest BCUT2D eigenvalue weighted by atomic mass is 9.96. The minimum Gasteiger partial charge on any atom is -0.464 e. The van der Waals surface area contributed by atoms with Crippen LogP contribution in [0.3, 0.4) is 0 Å². The van der Waals surface area contributed by atoms with Gasteiger partial charge in [-0.15, -0.1) is 0 Å². The van der Waals surface area contributed by atoms with Crippen LogP contribution in [0.15, 0.2) is 47.1 Å². The number of Topliss-reactive ketones (excluding diaryl/α,β-unsaturated/α-hetero) is 1. The number of pyridine rings is 1. The third kappa shape index (κ3) is 1.52. The zero-order valence-electron chi connectivity index (χ0n) is 12.1. The van der Waals surface area contributed by atoms with Gasteiger partial charge in [-0.2, -0.15) is 0 Å². The molecule has 4 nitrogen and oxygen atoms in total. The van der Waals surface area contributed by atoms with Crippen LogP contribution in [0.4, 0.5) is 0 Å². The fourth-order valence-corrected chi connectivity index (χ4v) is 3.58. The van der Waals surface area contributed by atoms with Crippen molar-refractivity contribution in [3.8, 4) is 22.6 Å². The van der Waals surface area contributed by atoms with Crippen LogP contribution in [-0.2, 0) is 6.42 Å². The van der Waals surface area contributed by atoms with Crippen LogP contribution in [0.25, 0.3) is 22.6 Å². The van der Waals surface area contributed by atoms with Crippen LogP contribution in [-0.4, -0.2) is 16.6 Å². The summed E-state index contributed by atoms with van der Waals surface area (Å²) in [4.78, 5) is 29.9. The van der Waals surface area contributed by atoms with Gasteiger partial charge < -0.3 is 4.42 Å². The minimum absolute atomic E-state index is 0.0328. The van der Waals surface area contributed by atoms with E-state index in [9.17, 15) is 9.59 Å². The molecule has 0 aliphatic heterocycles. The van der Waals surface area contributed by atoms with Gasteiger partial charge >= 0.3 is 0 Å². The molecule has 2 aliphatic carbocycles. The standard InChI is InChI=1S/C19H11NO3/c21-13-8-7-12-15(13)16(14-6-3-9-23-14)17-18(20-12)10-4-1-2-5-11(10)19(17)22/h1-6,9H,7-8H2. The Balaban J connectivity index is 1.94. The summed E-state index contributed by atoms with van der Waals surface area (Å²) in [5, 5.41) is 0. The number of hydrogen-bond donors (Lipinski definition) is 0. The number of carbonyl (C=O) groups is 2. The second-order valence-corrected chi connectivity index (χ2v) is 5.81. The summed E-state index contributed by atoms with van der Waals surface area (Å²) in [6, 6.07) is 11.0. The summed E-state index contributed by atoms with van der Waals surface area (Å²) in [7, 11) is 0. The molecule has 23 heavy (non-hydrogen) atoms. The van der Waals surface area contributed by atoms with Gasteiger partial charge in [0.05, 0.1) is 28.8 Å². The Labute approximate surface area is 131 Å². The maximum absolute atomic E-state index is 12.9. The van der Waals surface area contributed by atoms with E-state index in [0.29, 0.717) is 46.5 Å². The lowest BCUT2D eigenvalue weighted by molar-refractivity contribution is 0.0995. The summed E-state index contributed by atoms with van der Waals surface area (Å²) < 4.78 is 5.53. The van der Waals surface area contributed by atoms with Gasteiger partial charge in [-0.25, -0.2) is 0 Å². The van der Waals surface area contributed by atoms with E-state index in [-0.39, 0.29) is 11.6 Å². The number of furan rings is 1. The highest BCUT2D eigenvalue weighted by molar-refractivity contribution is 6.26. The summed E-state index contributed by atoms with van der Waals surface area (Å²) in [6.07, 6.45) is 2.61. The van der Waals surface area contributed by atoms with Crippen molar-refractivity contribution in [3.63, 3.8) is 0 Å². The molecule has 0 saturated carbocycles. The first kappa shape index (κ1) is 12.5. The Morgan fingerprint density at radius 3 is 2.48 bits per heavy atom. The third-order valence-electron chi connectivity index (χ3n) is 4.56. The van der Waals surface area contributed by atoms with Crippen molar-refractivity contribution in [2.24, 2.45) is 0 Å². The molecule has 0 radical (unpaired) electrons. The second-order valence-electron chi connectivity index (χ2n) is 5.81. The van der Waals surface area contributed by atoms with Crippen LogP contribution in [0.5, 0.6) is 0 Å². The van der Waals surface area contributed by atoms with E-state index in [1.165, 1.54) is 0 Å². The number of aromatic nitrogens is 1. The maximum Gasteiger partial charge on any atom is 0.196 e. The molecule has 0 atom stereocenters. The van der Waals surface area contributed by atoms with E-state index in [1.54, 1.807) is 24.5 Å². The summed E-state index contributed by atoms with van der Waals surface area (Å²) in [6.45, 7) is 0. The molecule has 5 rings (SSSR count). The third-order valence-corrected chi connectivity index (χ3v) is 4.56. The number of nitrogens with zero attached hydrogens (tertiary/aromatic N) is 1. The largest absolute Gasteiger partial charge is 0.464 e. The first-order chi connectivity index (χ1) is 11.3. The molecular weight excluding hydrogens is 290 g/mol. The number of carbonyl (C=O) groups excluding carboxylic acids is 2. The fraction of sp³-hybridized carbons (Fsp3) is 0.105. The van der Waals surface area contributed by atoms with Crippen LogP contribution < -0.4 is 0 Å². The predicted molar refractivity (Wildman–Crippen MR) is 83.5 cm³/mol. The van der Waals surface area contributed by atoms with Gasteiger partial charge in [0.15, 0.2) is 11.6 Å². The van der Waals surface area contributed by atoms with E-state index in [4.69, 9.17) is 4.42 Å². The van der Waals surface area contributed by atoms with E-state index in [1.807, 2.05) is 18.2 Å². The zero-order chi connectivity index (χ0) is 15.6. The molecule has 0 bridgehead atoms. The monoisotopic (exact) mass is 301 g/mol. The highest BCUT2D eigenvalue weighted by atomic mass is 16.3. The molecule has 110 valence electrons. The highest BCUT2D eigenvalue weighted by Crippen LogP contribution is 2.44. The van der Waals surface area contributed by atoms with Crippen LogP contribution in [0.1, 0.15) is 38.4 Å². The van der Waals surface area contributed by atoms with Gasteiger partial charge in [-0.05, 0) is 18.6 Å². The van der Waals surface area contributed by atoms with Crippen LogP contribution >= 0.6 is 0 Å². The Morgan fingerprint density at radius 2 is 1.70 bits per heavy atom. The summed E-state index contributed by atoms with van der Waals surface area (Å²) >= 11 is 0. The van der Waals surface area contributed by atoms with E-state index in [0.717, 1.165) is 11.3 Å². The fourth-order valence-electron chi connectivity index (χ4n) is 3.58. The van der Waals surface area contributed by atoms with Gasteiger partial charge in [0.1, 0.15) is 5.76 Å². The topological polar surface area (TPSA) is 60.2 Å².